The fraction of sp³-hybridized carbons (Fsp3) is 0.684. The minimum Gasteiger partial charge on any atom is -0.208 e. The van der Waals surface area contributed by atoms with Crippen molar-refractivity contribution in [1.29, 1.82) is 0 Å². The SMILES string of the molecule is CCCCN(CCCC)S(=O)(=O)N1CCC(NS(=O)(=O)c2ccccc2)CC1. The normalized spacial score (nSPS) is 17.2. The lowest BCUT2D eigenvalue weighted by molar-refractivity contribution is 0.276. The molecule has 7 nitrogen and oxygen atoms in total. The molecule has 1 N–H and O–H groups in total. The maximum absolute atomic E-state index is 13.0. The molecule has 0 bridgehead atoms. The van der Waals surface area contributed by atoms with Crippen LogP contribution in [0.5, 0.6) is 0 Å². The Labute approximate surface area is 170 Å². The zero-order valence-electron chi connectivity index (χ0n) is 16.9. The topological polar surface area (TPSA) is 86.8 Å². The van der Waals surface area contributed by atoms with Gasteiger partial charge in [0.25, 0.3) is 10.2 Å². The molecule has 0 radical (unpaired) electrons. The van der Waals surface area contributed by atoms with Gasteiger partial charge in [-0.1, -0.05) is 44.9 Å². The lowest BCUT2D eigenvalue weighted by Gasteiger charge is -2.35. The van der Waals surface area contributed by atoms with E-state index in [2.05, 4.69) is 18.6 Å². The summed E-state index contributed by atoms with van der Waals surface area (Å²) in [5.74, 6) is 0. The predicted octanol–water partition coefficient (Wildman–Crippen LogP) is 2.58. The van der Waals surface area contributed by atoms with Gasteiger partial charge in [-0.3, -0.25) is 0 Å². The van der Waals surface area contributed by atoms with Crippen LogP contribution in [0.1, 0.15) is 52.4 Å². The molecule has 1 fully saturated rings. The third-order valence-electron chi connectivity index (χ3n) is 5.00. The molecule has 160 valence electrons. The second-order valence-corrected chi connectivity index (χ2v) is 10.9. The molecule has 0 unspecified atom stereocenters. The van der Waals surface area contributed by atoms with Crippen LogP contribution in [-0.4, -0.2) is 57.7 Å². The fourth-order valence-electron chi connectivity index (χ4n) is 3.27. The molecule has 28 heavy (non-hydrogen) atoms. The molecule has 2 rings (SSSR count). The number of sulfonamides is 1. The summed E-state index contributed by atoms with van der Waals surface area (Å²) in [7, 11) is -7.08. The van der Waals surface area contributed by atoms with E-state index >= 15 is 0 Å². The average molecular weight is 432 g/mol. The minimum absolute atomic E-state index is 0.232. The summed E-state index contributed by atoms with van der Waals surface area (Å²) in [6, 6.07) is 8.00. The molecule has 1 saturated heterocycles. The molecule has 1 aliphatic heterocycles. The van der Waals surface area contributed by atoms with E-state index < -0.39 is 20.2 Å². The van der Waals surface area contributed by atoms with E-state index in [0.29, 0.717) is 39.0 Å². The van der Waals surface area contributed by atoms with Crippen LogP contribution in [0.2, 0.25) is 0 Å². The number of hydrogen-bond donors (Lipinski definition) is 1. The van der Waals surface area contributed by atoms with Gasteiger partial charge in [0, 0.05) is 32.2 Å². The number of nitrogens with one attached hydrogen (secondary N) is 1. The zero-order chi connectivity index (χ0) is 20.6. The number of benzene rings is 1. The summed E-state index contributed by atoms with van der Waals surface area (Å²) >= 11 is 0. The Morgan fingerprint density at radius 2 is 1.50 bits per heavy atom. The molecule has 1 aliphatic rings. The quantitative estimate of drug-likeness (QED) is 0.583. The summed E-state index contributed by atoms with van der Waals surface area (Å²) in [5, 5.41) is 0. The van der Waals surface area contributed by atoms with Crippen LogP contribution in [0.25, 0.3) is 0 Å². The van der Waals surface area contributed by atoms with Gasteiger partial charge in [-0.25, -0.2) is 13.1 Å². The first-order valence-electron chi connectivity index (χ1n) is 10.1. The second-order valence-electron chi connectivity index (χ2n) is 7.22. The van der Waals surface area contributed by atoms with Crippen molar-refractivity contribution in [2.24, 2.45) is 0 Å². The third-order valence-corrected chi connectivity index (χ3v) is 8.58. The van der Waals surface area contributed by atoms with Crippen LogP contribution in [0.3, 0.4) is 0 Å². The number of rotatable bonds is 11. The highest BCUT2D eigenvalue weighted by atomic mass is 32.2. The molecular weight excluding hydrogens is 398 g/mol. The molecule has 0 saturated carbocycles. The van der Waals surface area contributed by atoms with E-state index in [-0.39, 0.29) is 10.9 Å². The van der Waals surface area contributed by atoms with Gasteiger partial charge in [0.15, 0.2) is 0 Å². The molecule has 0 spiro atoms. The highest BCUT2D eigenvalue weighted by Gasteiger charge is 2.33. The van der Waals surface area contributed by atoms with Crippen molar-refractivity contribution >= 4 is 20.2 Å². The van der Waals surface area contributed by atoms with Crippen molar-refractivity contribution in [3.63, 3.8) is 0 Å². The second kappa shape index (κ2) is 10.7. The summed E-state index contributed by atoms with van der Waals surface area (Å²) in [6.07, 6.45) is 4.52. The Balaban J connectivity index is 1.97. The first-order valence-corrected chi connectivity index (χ1v) is 13.0. The Kier molecular flexibility index (Phi) is 8.88. The summed E-state index contributed by atoms with van der Waals surface area (Å²) in [4.78, 5) is 0.232. The van der Waals surface area contributed by atoms with Crippen molar-refractivity contribution in [2.75, 3.05) is 26.2 Å². The lowest BCUT2D eigenvalue weighted by Crippen LogP contribution is -2.51. The molecule has 0 aromatic heterocycles. The van der Waals surface area contributed by atoms with Gasteiger partial charge in [0.2, 0.25) is 10.0 Å². The average Bonchev–Trinajstić information content (AvgIpc) is 2.68. The largest absolute Gasteiger partial charge is 0.281 e. The van der Waals surface area contributed by atoms with Gasteiger partial charge < -0.3 is 0 Å². The minimum atomic E-state index is -3.58. The number of piperidine rings is 1. The maximum Gasteiger partial charge on any atom is 0.281 e. The van der Waals surface area contributed by atoms with Gasteiger partial charge in [0.05, 0.1) is 4.90 Å². The Bertz CT molecular complexity index is 782. The van der Waals surface area contributed by atoms with E-state index in [4.69, 9.17) is 0 Å². The molecule has 1 heterocycles. The van der Waals surface area contributed by atoms with Gasteiger partial charge in [0.1, 0.15) is 0 Å². The number of hydrogen-bond acceptors (Lipinski definition) is 4. The van der Waals surface area contributed by atoms with Gasteiger partial charge in [-0.2, -0.15) is 17.0 Å². The van der Waals surface area contributed by atoms with Gasteiger partial charge in [-0.05, 0) is 37.8 Å². The van der Waals surface area contributed by atoms with Crippen LogP contribution in [0.4, 0.5) is 0 Å². The van der Waals surface area contributed by atoms with Crippen LogP contribution in [-0.2, 0) is 20.2 Å². The Morgan fingerprint density at radius 3 is 2.00 bits per heavy atom. The van der Waals surface area contributed by atoms with Crippen molar-refractivity contribution < 1.29 is 16.8 Å². The molecule has 9 heteroatoms. The number of nitrogens with zero attached hydrogens (tertiary/aromatic N) is 2. The first-order chi connectivity index (χ1) is 13.3. The van der Waals surface area contributed by atoms with Gasteiger partial charge >= 0.3 is 0 Å². The lowest BCUT2D eigenvalue weighted by atomic mass is 10.1. The summed E-state index contributed by atoms with van der Waals surface area (Å²) < 4.78 is 56.8. The highest BCUT2D eigenvalue weighted by Crippen LogP contribution is 2.20. The van der Waals surface area contributed by atoms with Crippen molar-refractivity contribution in [2.45, 2.75) is 63.3 Å². The van der Waals surface area contributed by atoms with Gasteiger partial charge in [-0.15, -0.1) is 0 Å². The van der Waals surface area contributed by atoms with Crippen LogP contribution in [0.15, 0.2) is 35.2 Å². The van der Waals surface area contributed by atoms with Crippen molar-refractivity contribution in [3.05, 3.63) is 30.3 Å². The monoisotopic (exact) mass is 431 g/mol. The predicted molar refractivity (Wildman–Crippen MR) is 112 cm³/mol. The fourth-order valence-corrected chi connectivity index (χ4v) is 6.31. The van der Waals surface area contributed by atoms with Crippen LogP contribution >= 0.6 is 0 Å². The highest BCUT2D eigenvalue weighted by molar-refractivity contribution is 7.89. The van der Waals surface area contributed by atoms with E-state index in [0.717, 1.165) is 25.7 Å². The Morgan fingerprint density at radius 1 is 0.964 bits per heavy atom. The smallest absolute Gasteiger partial charge is 0.208 e. The maximum atomic E-state index is 13.0. The zero-order valence-corrected chi connectivity index (χ0v) is 18.5. The third kappa shape index (κ3) is 6.25. The summed E-state index contributed by atoms with van der Waals surface area (Å²) in [6.45, 7) is 5.85. The molecule has 1 aromatic rings. The van der Waals surface area contributed by atoms with E-state index in [9.17, 15) is 16.8 Å². The molecule has 0 amide bonds. The molecule has 1 aromatic carbocycles. The van der Waals surface area contributed by atoms with E-state index in [1.165, 1.54) is 4.31 Å². The molecular formula is C19H33N3O4S2. The standard InChI is InChI=1S/C19H33N3O4S2/c1-3-5-14-21(15-6-4-2)28(25,26)22-16-12-18(13-17-22)20-27(23,24)19-10-8-7-9-11-19/h7-11,18,20H,3-6,12-17H2,1-2H3. The summed E-state index contributed by atoms with van der Waals surface area (Å²) in [5.41, 5.74) is 0. The molecule has 0 atom stereocenters. The van der Waals surface area contributed by atoms with Crippen LogP contribution < -0.4 is 4.72 Å². The van der Waals surface area contributed by atoms with Crippen molar-refractivity contribution in [1.82, 2.24) is 13.3 Å². The Hall–Kier alpha value is -1.00. The van der Waals surface area contributed by atoms with Crippen LogP contribution in [0, 0.1) is 0 Å². The van der Waals surface area contributed by atoms with E-state index in [1.807, 2.05) is 0 Å². The molecule has 0 aliphatic carbocycles. The van der Waals surface area contributed by atoms with E-state index in [1.54, 1.807) is 34.6 Å². The van der Waals surface area contributed by atoms with Crippen molar-refractivity contribution in [3.8, 4) is 0 Å². The first kappa shape index (κ1) is 23.3. The number of unbranched alkanes of at least 4 members (excludes halogenated alkanes) is 2.